The number of rotatable bonds is 5. The Bertz CT molecular complexity index is 697. The summed E-state index contributed by atoms with van der Waals surface area (Å²) < 4.78 is 10.6. The minimum absolute atomic E-state index is 0.0525. The van der Waals surface area contributed by atoms with Crippen molar-refractivity contribution in [3.8, 4) is 0 Å². The first-order valence-corrected chi connectivity index (χ1v) is 12.2. The summed E-state index contributed by atoms with van der Waals surface area (Å²) in [5.41, 5.74) is -0.696. The predicted molar refractivity (Wildman–Crippen MR) is 127 cm³/mol. The molecule has 0 aromatic heterocycles. The number of urea groups is 1. The van der Waals surface area contributed by atoms with Crippen LogP contribution in [0.15, 0.2) is 0 Å². The smallest absolute Gasteiger partial charge is 0.410 e. The summed E-state index contributed by atoms with van der Waals surface area (Å²) >= 11 is 0. The molecule has 190 valence electrons. The lowest BCUT2D eigenvalue weighted by atomic mass is 9.83. The summed E-state index contributed by atoms with van der Waals surface area (Å²) in [5, 5.41) is 0. The van der Waals surface area contributed by atoms with Crippen LogP contribution < -0.4 is 0 Å². The first-order chi connectivity index (χ1) is 15.3. The van der Waals surface area contributed by atoms with E-state index in [1.807, 2.05) is 44.4 Å². The van der Waals surface area contributed by atoms with Crippen LogP contribution in [-0.2, 0) is 14.3 Å². The molecule has 0 aromatic rings. The molecule has 9 heteroatoms. The predicted octanol–water partition coefficient (Wildman–Crippen LogP) is 3.03. The molecule has 0 saturated carbocycles. The second kappa shape index (κ2) is 10.9. The summed E-state index contributed by atoms with van der Waals surface area (Å²) in [6.07, 6.45) is 2.32. The highest BCUT2D eigenvalue weighted by atomic mass is 16.6. The number of likely N-dealkylation sites (N-methyl/N-ethyl adjacent to an activating group) is 1. The largest absolute Gasteiger partial charge is 0.467 e. The van der Waals surface area contributed by atoms with Gasteiger partial charge in [-0.05, 0) is 52.5 Å². The van der Waals surface area contributed by atoms with Gasteiger partial charge in [0.2, 0.25) is 0 Å². The zero-order chi connectivity index (χ0) is 25.0. The molecule has 2 saturated heterocycles. The number of amides is 3. The fourth-order valence-corrected chi connectivity index (χ4v) is 5.04. The van der Waals surface area contributed by atoms with E-state index >= 15 is 0 Å². The van der Waals surface area contributed by atoms with Gasteiger partial charge in [0.05, 0.1) is 7.11 Å². The van der Waals surface area contributed by atoms with Gasteiger partial charge in [-0.25, -0.2) is 14.4 Å². The van der Waals surface area contributed by atoms with E-state index in [1.165, 1.54) is 12.0 Å². The van der Waals surface area contributed by atoms with E-state index in [-0.39, 0.29) is 23.6 Å². The highest BCUT2D eigenvalue weighted by Gasteiger charge is 2.46. The van der Waals surface area contributed by atoms with Gasteiger partial charge in [-0.15, -0.1) is 0 Å². The molecular formula is C24H44N4O5. The maximum Gasteiger partial charge on any atom is 0.410 e. The first kappa shape index (κ1) is 27.2. The Morgan fingerprint density at radius 2 is 1.64 bits per heavy atom. The summed E-state index contributed by atoms with van der Waals surface area (Å²) in [5.74, 6) is -0.452. The number of ether oxygens (including phenoxy) is 2. The normalized spacial score (nSPS) is 20.0. The molecule has 0 N–H and O–H groups in total. The SMILES string of the molecule is CCCN1CCN(C(=O)OC(C)(C)C)CC12CCN(C(=O)N(C)[C@H](C(=O)OC)C(C)C)CC2. The summed E-state index contributed by atoms with van der Waals surface area (Å²) in [7, 11) is 3.02. The van der Waals surface area contributed by atoms with E-state index in [1.54, 1.807) is 7.05 Å². The Morgan fingerprint density at radius 3 is 2.12 bits per heavy atom. The molecule has 2 aliphatic heterocycles. The van der Waals surface area contributed by atoms with E-state index in [0.717, 1.165) is 32.4 Å². The molecule has 0 aliphatic carbocycles. The first-order valence-electron chi connectivity index (χ1n) is 12.2. The number of piperidine rings is 1. The number of likely N-dealkylation sites (tertiary alicyclic amines) is 1. The van der Waals surface area contributed by atoms with Crippen molar-refractivity contribution in [3.05, 3.63) is 0 Å². The Kier molecular flexibility index (Phi) is 9.01. The molecule has 0 aromatic carbocycles. The zero-order valence-corrected chi connectivity index (χ0v) is 21.8. The number of hydrogen-bond donors (Lipinski definition) is 0. The third kappa shape index (κ3) is 6.52. The van der Waals surface area contributed by atoms with Crippen molar-refractivity contribution >= 4 is 18.1 Å². The van der Waals surface area contributed by atoms with Crippen molar-refractivity contribution in [3.63, 3.8) is 0 Å². The molecule has 0 radical (unpaired) electrons. The van der Waals surface area contributed by atoms with E-state index in [9.17, 15) is 14.4 Å². The summed E-state index contributed by atoms with van der Waals surface area (Å²) in [6, 6.07) is -0.775. The van der Waals surface area contributed by atoms with Crippen molar-refractivity contribution < 1.29 is 23.9 Å². The van der Waals surface area contributed by atoms with Gasteiger partial charge in [0.15, 0.2) is 0 Å². The average molecular weight is 469 g/mol. The Labute approximate surface area is 199 Å². The average Bonchev–Trinajstić information content (AvgIpc) is 2.73. The van der Waals surface area contributed by atoms with Crippen LogP contribution in [0.25, 0.3) is 0 Å². The van der Waals surface area contributed by atoms with E-state index in [4.69, 9.17) is 9.47 Å². The van der Waals surface area contributed by atoms with Crippen LogP contribution in [0.3, 0.4) is 0 Å². The lowest BCUT2D eigenvalue weighted by molar-refractivity contribution is -0.147. The molecule has 1 atom stereocenters. The van der Waals surface area contributed by atoms with Gasteiger partial charge in [0.1, 0.15) is 11.6 Å². The molecule has 2 aliphatic rings. The van der Waals surface area contributed by atoms with Crippen LogP contribution in [0.1, 0.15) is 60.8 Å². The highest BCUT2D eigenvalue weighted by molar-refractivity contribution is 5.83. The summed E-state index contributed by atoms with van der Waals surface area (Å²) in [4.78, 5) is 45.9. The third-order valence-corrected chi connectivity index (χ3v) is 6.70. The summed E-state index contributed by atoms with van der Waals surface area (Å²) in [6.45, 7) is 15.8. The minimum Gasteiger partial charge on any atom is -0.467 e. The van der Waals surface area contributed by atoms with Crippen LogP contribution >= 0.6 is 0 Å². The van der Waals surface area contributed by atoms with Crippen molar-refractivity contribution in [1.29, 1.82) is 0 Å². The minimum atomic E-state index is -0.618. The van der Waals surface area contributed by atoms with Crippen molar-refractivity contribution in [2.24, 2.45) is 5.92 Å². The van der Waals surface area contributed by atoms with Crippen LogP contribution in [0.2, 0.25) is 0 Å². The lowest BCUT2D eigenvalue weighted by Crippen LogP contribution is -2.67. The number of methoxy groups -OCH3 is 1. The van der Waals surface area contributed by atoms with Gasteiger partial charge in [-0.2, -0.15) is 0 Å². The Balaban J connectivity index is 2.12. The molecule has 9 nitrogen and oxygen atoms in total. The Hall–Kier alpha value is -2.03. The lowest BCUT2D eigenvalue weighted by Gasteiger charge is -2.54. The Morgan fingerprint density at radius 1 is 1.03 bits per heavy atom. The molecule has 33 heavy (non-hydrogen) atoms. The number of carbonyl (C=O) groups excluding carboxylic acids is 3. The monoisotopic (exact) mass is 468 g/mol. The molecule has 2 fully saturated rings. The van der Waals surface area contributed by atoms with E-state index < -0.39 is 17.6 Å². The van der Waals surface area contributed by atoms with Gasteiger partial charge >= 0.3 is 18.1 Å². The number of nitrogens with zero attached hydrogens (tertiary/aromatic N) is 4. The number of hydrogen-bond acceptors (Lipinski definition) is 6. The topological polar surface area (TPSA) is 82.6 Å². The van der Waals surface area contributed by atoms with Gasteiger partial charge in [-0.1, -0.05) is 20.8 Å². The number of esters is 1. The van der Waals surface area contributed by atoms with Crippen LogP contribution in [0.4, 0.5) is 9.59 Å². The van der Waals surface area contributed by atoms with Crippen LogP contribution in [0, 0.1) is 5.92 Å². The van der Waals surface area contributed by atoms with Crippen molar-refractivity contribution in [2.75, 3.05) is 53.4 Å². The van der Waals surface area contributed by atoms with Gasteiger partial charge < -0.3 is 24.2 Å². The second-order valence-corrected chi connectivity index (χ2v) is 10.7. The van der Waals surface area contributed by atoms with Gasteiger partial charge in [0.25, 0.3) is 0 Å². The maximum atomic E-state index is 13.2. The zero-order valence-electron chi connectivity index (χ0n) is 21.8. The standard InChI is InChI=1S/C24H44N4O5/c1-9-12-28-16-15-27(22(31)33-23(4,5)6)17-24(28)10-13-26(14-11-24)21(30)25(7)19(18(2)3)20(29)32-8/h18-19H,9-17H2,1-8H3/t19-/m0/s1. The maximum absolute atomic E-state index is 13.2. The van der Waals surface area contributed by atoms with Crippen LogP contribution in [-0.4, -0.2) is 108 Å². The quantitative estimate of drug-likeness (QED) is 0.577. The van der Waals surface area contributed by atoms with Crippen molar-refractivity contribution in [2.45, 2.75) is 78.0 Å². The third-order valence-electron chi connectivity index (χ3n) is 6.70. The number of carbonyl (C=O) groups is 3. The second-order valence-electron chi connectivity index (χ2n) is 10.7. The molecule has 1 spiro atoms. The van der Waals surface area contributed by atoms with E-state index in [2.05, 4.69) is 11.8 Å². The number of piperazine rings is 1. The molecule has 0 bridgehead atoms. The molecule has 3 amide bonds. The van der Waals surface area contributed by atoms with Gasteiger partial charge in [-0.3, -0.25) is 4.90 Å². The van der Waals surface area contributed by atoms with Crippen LogP contribution in [0.5, 0.6) is 0 Å². The molecule has 0 unspecified atom stereocenters. The molecule has 2 rings (SSSR count). The highest BCUT2D eigenvalue weighted by Crippen LogP contribution is 2.34. The fourth-order valence-electron chi connectivity index (χ4n) is 5.04. The fraction of sp³-hybridized carbons (Fsp3) is 0.875. The molecule has 2 heterocycles. The van der Waals surface area contributed by atoms with Gasteiger partial charge in [0, 0.05) is 45.3 Å². The van der Waals surface area contributed by atoms with E-state index in [0.29, 0.717) is 26.2 Å². The molecular weight excluding hydrogens is 424 g/mol. The van der Waals surface area contributed by atoms with Crippen molar-refractivity contribution in [1.82, 2.24) is 19.6 Å².